The second kappa shape index (κ2) is 9.77. The van der Waals surface area contributed by atoms with Crippen LogP contribution in [0.25, 0.3) is 0 Å². The van der Waals surface area contributed by atoms with Crippen molar-refractivity contribution in [2.24, 2.45) is 0 Å². The molecule has 1 unspecified atom stereocenters. The van der Waals surface area contributed by atoms with Gasteiger partial charge in [0.15, 0.2) is 23.6 Å². The molecule has 2 aliphatic heterocycles. The molecule has 2 heterocycles. The molecule has 0 radical (unpaired) electrons. The third kappa shape index (κ3) is 4.33. The molecule has 0 amide bonds. The summed E-state index contributed by atoms with van der Waals surface area (Å²) in [5.74, 6) is 1.84. The van der Waals surface area contributed by atoms with E-state index in [1.54, 1.807) is 26.4 Å². The predicted molar refractivity (Wildman–Crippen MR) is 127 cm³/mol. The Morgan fingerprint density at radius 2 is 1.68 bits per heavy atom. The monoisotopic (exact) mass is 460 g/mol. The first-order chi connectivity index (χ1) is 16.7. The Labute approximate surface area is 199 Å². The number of rotatable bonds is 6. The first-order valence-electron chi connectivity index (χ1n) is 11.6. The van der Waals surface area contributed by atoms with Crippen molar-refractivity contribution in [2.75, 3.05) is 20.8 Å². The van der Waals surface area contributed by atoms with Gasteiger partial charge >= 0.3 is 0 Å². The largest absolute Gasteiger partial charge is 0.493 e. The van der Waals surface area contributed by atoms with Gasteiger partial charge in [-0.05, 0) is 48.2 Å². The fraction of sp³-hybridized carbons (Fsp3) is 0.321. The fourth-order valence-corrected chi connectivity index (χ4v) is 4.62. The van der Waals surface area contributed by atoms with E-state index >= 15 is 0 Å². The van der Waals surface area contributed by atoms with Crippen molar-refractivity contribution in [1.29, 1.82) is 0 Å². The second-order valence-corrected chi connectivity index (χ2v) is 8.48. The van der Waals surface area contributed by atoms with E-state index in [-0.39, 0.29) is 12.1 Å². The molecule has 0 bridgehead atoms. The van der Waals surface area contributed by atoms with Gasteiger partial charge in [-0.15, -0.1) is 0 Å². The molecule has 2 aliphatic rings. The average Bonchev–Trinajstić information content (AvgIpc) is 2.89. The van der Waals surface area contributed by atoms with Crippen LogP contribution < -0.4 is 18.9 Å². The molecule has 3 aromatic rings. The van der Waals surface area contributed by atoms with Gasteiger partial charge in [0.2, 0.25) is 0 Å². The standard InChI is InChI=1S/C28H28O6/c1-30-22-14-11-19(16-24(22)31-2)28-26(18-8-4-3-5-9-18)27(29)21-13-12-20(17-23(21)34-28)33-25-10-6-7-15-32-25/h3-5,8-9,11-14,16-17,25-26,28H,6-7,10,15H2,1-2H3/t25?,26-,28+/m0/s1. The van der Waals surface area contributed by atoms with Crippen molar-refractivity contribution < 1.29 is 28.5 Å². The minimum Gasteiger partial charge on any atom is -0.493 e. The number of carbonyl (C=O) groups excluding carboxylic acids is 1. The van der Waals surface area contributed by atoms with Gasteiger partial charge in [0.25, 0.3) is 0 Å². The van der Waals surface area contributed by atoms with Crippen molar-refractivity contribution in [2.45, 2.75) is 37.6 Å². The van der Waals surface area contributed by atoms with E-state index in [0.717, 1.165) is 30.4 Å². The van der Waals surface area contributed by atoms with E-state index < -0.39 is 12.0 Å². The van der Waals surface area contributed by atoms with Crippen LogP contribution in [0.5, 0.6) is 23.0 Å². The highest BCUT2D eigenvalue weighted by molar-refractivity contribution is 6.04. The average molecular weight is 461 g/mol. The molecule has 1 saturated heterocycles. The first-order valence-corrected chi connectivity index (χ1v) is 11.6. The number of benzene rings is 3. The van der Waals surface area contributed by atoms with E-state index in [4.69, 9.17) is 23.7 Å². The summed E-state index contributed by atoms with van der Waals surface area (Å²) >= 11 is 0. The molecule has 6 heteroatoms. The number of fused-ring (bicyclic) bond motifs is 1. The smallest absolute Gasteiger partial charge is 0.199 e. The molecule has 0 saturated carbocycles. The molecule has 1 fully saturated rings. The molecule has 0 aromatic heterocycles. The zero-order chi connectivity index (χ0) is 23.5. The number of methoxy groups -OCH3 is 2. The Morgan fingerprint density at radius 3 is 2.41 bits per heavy atom. The Morgan fingerprint density at radius 1 is 0.853 bits per heavy atom. The highest BCUT2D eigenvalue weighted by Gasteiger charge is 2.40. The van der Waals surface area contributed by atoms with Crippen LogP contribution in [-0.2, 0) is 4.74 Å². The Balaban J connectivity index is 1.53. The van der Waals surface area contributed by atoms with Crippen LogP contribution in [0.2, 0.25) is 0 Å². The summed E-state index contributed by atoms with van der Waals surface area (Å²) in [6.45, 7) is 0.699. The maximum absolute atomic E-state index is 13.8. The van der Waals surface area contributed by atoms with Gasteiger partial charge in [-0.3, -0.25) is 4.79 Å². The lowest BCUT2D eigenvalue weighted by Crippen LogP contribution is -2.30. The number of carbonyl (C=O) groups is 1. The molecule has 3 atom stereocenters. The highest BCUT2D eigenvalue weighted by Crippen LogP contribution is 2.46. The number of hydrogen-bond donors (Lipinski definition) is 0. The summed E-state index contributed by atoms with van der Waals surface area (Å²) in [6, 6.07) is 20.7. The summed E-state index contributed by atoms with van der Waals surface area (Å²) in [6.07, 6.45) is 2.16. The summed E-state index contributed by atoms with van der Waals surface area (Å²) < 4.78 is 29.2. The fourth-order valence-electron chi connectivity index (χ4n) is 4.62. The van der Waals surface area contributed by atoms with Gasteiger partial charge < -0.3 is 23.7 Å². The van der Waals surface area contributed by atoms with Gasteiger partial charge in [-0.2, -0.15) is 0 Å². The Hall–Kier alpha value is -3.51. The second-order valence-electron chi connectivity index (χ2n) is 8.48. The minimum atomic E-state index is -0.539. The van der Waals surface area contributed by atoms with Crippen LogP contribution in [0.1, 0.15) is 52.8 Å². The highest BCUT2D eigenvalue weighted by atomic mass is 16.7. The molecule has 0 spiro atoms. The predicted octanol–water partition coefficient (Wildman–Crippen LogP) is 5.71. The summed E-state index contributed by atoms with van der Waals surface area (Å²) in [7, 11) is 3.19. The van der Waals surface area contributed by atoms with Gasteiger partial charge in [0.05, 0.1) is 32.3 Å². The van der Waals surface area contributed by atoms with Crippen LogP contribution >= 0.6 is 0 Å². The molecule has 6 nitrogen and oxygen atoms in total. The number of ketones is 1. The van der Waals surface area contributed by atoms with E-state index in [1.807, 2.05) is 54.6 Å². The normalized spacial score (nSPS) is 21.8. The molecular formula is C28H28O6. The summed E-state index contributed by atoms with van der Waals surface area (Å²) in [4.78, 5) is 13.8. The molecule has 0 N–H and O–H groups in total. The molecule has 5 rings (SSSR count). The topological polar surface area (TPSA) is 63.2 Å². The zero-order valence-electron chi connectivity index (χ0n) is 19.4. The third-order valence-electron chi connectivity index (χ3n) is 6.36. The molecule has 3 aromatic carbocycles. The van der Waals surface area contributed by atoms with E-state index in [2.05, 4.69) is 0 Å². The lowest BCUT2D eigenvalue weighted by atomic mass is 9.81. The summed E-state index contributed by atoms with van der Waals surface area (Å²) in [5.41, 5.74) is 2.27. The number of hydrogen-bond acceptors (Lipinski definition) is 6. The van der Waals surface area contributed by atoms with Gasteiger partial charge in [-0.1, -0.05) is 36.4 Å². The lowest BCUT2D eigenvalue weighted by Gasteiger charge is -2.34. The maximum atomic E-state index is 13.8. The summed E-state index contributed by atoms with van der Waals surface area (Å²) in [5, 5.41) is 0. The first kappa shape index (κ1) is 22.3. The van der Waals surface area contributed by atoms with Crippen molar-refractivity contribution in [1.82, 2.24) is 0 Å². The van der Waals surface area contributed by atoms with Crippen LogP contribution in [0.3, 0.4) is 0 Å². The minimum absolute atomic E-state index is 0.00713. The van der Waals surface area contributed by atoms with Crippen molar-refractivity contribution in [3.63, 3.8) is 0 Å². The molecule has 0 aliphatic carbocycles. The SMILES string of the molecule is COc1ccc([C@H]2Oc3cc(OC4CCCCO4)ccc3C(=O)[C@@H]2c2ccccc2)cc1OC. The van der Waals surface area contributed by atoms with Gasteiger partial charge in [0.1, 0.15) is 17.6 Å². The number of ether oxygens (including phenoxy) is 5. The van der Waals surface area contributed by atoms with E-state index in [1.165, 1.54) is 0 Å². The van der Waals surface area contributed by atoms with Gasteiger partial charge in [0, 0.05) is 12.5 Å². The van der Waals surface area contributed by atoms with E-state index in [0.29, 0.717) is 35.2 Å². The van der Waals surface area contributed by atoms with Gasteiger partial charge in [-0.25, -0.2) is 0 Å². The maximum Gasteiger partial charge on any atom is 0.199 e. The van der Waals surface area contributed by atoms with Crippen LogP contribution in [0.15, 0.2) is 66.7 Å². The van der Waals surface area contributed by atoms with Crippen LogP contribution in [0.4, 0.5) is 0 Å². The van der Waals surface area contributed by atoms with E-state index in [9.17, 15) is 4.79 Å². The van der Waals surface area contributed by atoms with Crippen molar-refractivity contribution in [3.05, 3.63) is 83.4 Å². The van der Waals surface area contributed by atoms with Crippen LogP contribution in [-0.4, -0.2) is 32.9 Å². The molecule has 176 valence electrons. The Bertz CT molecular complexity index is 1150. The number of Topliss-reactive ketones (excluding diaryl/α,β-unsaturated/α-hetero) is 1. The quantitative estimate of drug-likeness (QED) is 0.470. The third-order valence-corrected chi connectivity index (χ3v) is 6.36. The zero-order valence-corrected chi connectivity index (χ0v) is 19.4. The van der Waals surface area contributed by atoms with Crippen molar-refractivity contribution in [3.8, 4) is 23.0 Å². The molecular weight excluding hydrogens is 432 g/mol. The molecule has 34 heavy (non-hydrogen) atoms. The van der Waals surface area contributed by atoms with Crippen molar-refractivity contribution >= 4 is 5.78 Å². The lowest BCUT2D eigenvalue weighted by molar-refractivity contribution is -0.106. The Kier molecular flexibility index (Phi) is 6.41. The van der Waals surface area contributed by atoms with Crippen LogP contribution in [0, 0.1) is 0 Å².